The fourth-order valence-electron chi connectivity index (χ4n) is 3.32. The van der Waals surface area contributed by atoms with Gasteiger partial charge >= 0.3 is 5.69 Å². The average molecular weight is 478 g/mol. The summed E-state index contributed by atoms with van der Waals surface area (Å²) >= 11 is 6.43. The molecule has 0 amide bonds. The number of fused-ring (bicyclic) bond motifs is 1. The fraction of sp³-hybridized carbons (Fsp3) is 0.182. The molecule has 2 aromatic heterocycles. The Balaban J connectivity index is 1.81. The highest BCUT2D eigenvalue weighted by Gasteiger charge is 2.20. The fourth-order valence-corrected chi connectivity index (χ4v) is 3.56. The Bertz CT molecular complexity index is 1400. The quantitative estimate of drug-likeness (QED) is 0.428. The first-order valence-corrected chi connectivity index (χ1v) is 9.93. The van der Waals surface area contributed by atoms with Gasteiger partial charge in [-0.25, -0.2) is 18.1 Å². The summed E-state index contributed by atoms with van der Waals surface area (Å²) in [6.45, 7) is -0.376. The van der Waals surface area contributed by atoms with Crippen molar-refractivity contribution >= 4 is 22.8 Å². The van der Waals surface area contributed by atoms with E-state index in [9.17, 15) is 13.6 Å². The highest BCUT2D eigenvalue weighted by atomic mass is 35.5. The summed E-state index contributed by atoms with van der Waals surface area (Å²) in [5, 5.41) is 0.168. The Morgan fingerprint density at radius 2 is 1.76 bits per heavy atom. The van der Waals surface area contributed by atoms with Gasteiger partial charge in [0.25, 0.3) is 0 Å². The number of hydrogen-bond donors (Lipinski definition) is 1. The third-order valence-electron chi connectivity index (χ3n) is 4.93. The Morgan fingerprint density at radius 1 is 1.00 bits per heavy atom. The number of benzene rings is 2. The van der Waals surface area contributed by atoms with Gasteiger partial charge in [-0.2, -0.15) is 4.98 Å². The van der Waals surface area contributed by atoms with Crippen molar-refractivity contribution in [1.82, 2.24) is 14.5 Å². The Morgan fingerprint density at radius 3 is 2.45 bits per heavy atom. The van der Waals surface area contributed by atoms with Crippen LogP contribution in [0.15, 0.2) is 41.2 Å². The molecule has 2 aromatic carbocycles. The molecule has 0 saturated heterocycles. The molecular weight excluding hydrogens is 460 g/mol. The van der Waals surface area contributed by atoms with Crippen LogP contribution in [0.5, 0.6) is 23.1 Å². The Kier molecular flexibility index (Phi) is 6.10. The lowest BCUT2D eigenvalue weighted by atomic mass is 10.2. The molecule has 4 rings (SSSR count). The van der Waals surface area contributed by atoms with E-state index in [0.717, 1.165) is 6.07 Å². The molecule has 0 unspecified atom stereocenters. The maximum atomic E-state index is 14.3. The molecule has 33 heavy (non-hydrogen) atoms. The number of rotatable bonds is 7. The molecule has 0 fully saturated rings. The summed E-state index contributed by atoms with van der Waals surface area (Å²) in [4.78, 5) is 19.7. The monoisotopic (exact) mass is 477 g/mol. The van der Waals surface area contributed by atoms with Crippen molar-refractivity contribution < 1.29 is 27.7 Å². The van der Waals surface area contributed by atoms with Gasteiger partial charge in [0, 0.05) is 18.2 Å². The lowest BCUT2D eigenvalue weighted by Gasteiger charge is -2.16. The molecule has 8 nitrogen and oxygen atoms in total. The van der Waals surface area contributed by atoms with Gasteiger partial charge in [-0.3, -0.25) is 0 Å². The van der Waals surface area contributed by atoms with Crippen molar-refractivity contribution in [3.05, 3.63) is 69.1 Å². The van der Waals surface area contributed by atoms with Crippen LogP contribution in [0.2, 0.25) is 5.02 Å². The number of aromatic amines is 1. The molecule has 0 saturated carbocycles. The molecule has 2 heterocycles. The minimum Gasteiger partial charge on any atom is -0.496 e. The smallest absolute Gasteiger partial charge is 0.332 e. The van der Waals surface area contributed by atoms with E-state index in [0.29, 0.717) is 11.4 Å². The lowest BCUT2D eigenvalue weighted by molar-refractivity contribution is 0.270. The van der Waals surface area contributed by atoms with Gasteiger partial charge in [0.15, 0.2) is 28.8 Å². The van der Waals surface area contributed by atoms with E-state index in [1.54, 1.807) is 12.1 Å². The normalized spacial score (nSPS) is 11.0. The van der Waals surface area contributed by atoms with Gasteiger partial charge in [0.1, 0.15) is 12.4 Å². The number of methoxy groups -OCH3 is 3. The van der Waals surface area contributed by atoms with Gasteiger partial charge in [-0.1, -0.05) is 11.6 Å². The van der Waals surface area contributed by atoms with Gasteiger partial charge < -0.3 is 23.9 Å². The zero-order valence-electron chi connectivity index (χ0n) is 17.7. The number of nitrogens with zero attached hydrogens (tertiary/aromatic N) is 2. The second-order valence-corrected chi connectivity index (χ2v) is 7.18. The third kappa shape index (κ3) is 4.05. The first-order valence-electron chi connectivity index (χ1n) is 9.55. The Hall–Kier alpha value is -3.79. The van der Waals surface area contributed by atoms with Crippen LogP contribution < -0.4 is 24.6 Å². The molecule has 172 valence electrons. The van der Waals surface area contributed by atoms with Crippen LogP contribution in [0.3, 0.4) is 0 Å². The zero-order chi connectivity index (χ0) is 23.7. The van der Waals surface area contributed by atoms with E-state index in [1.165, 1.54) is 44.1 Å². The van der Waals surface area contributed by atoms with Crippen LogP contribution in [0.1, 0.15) is 5.56 Å². The standard InChI is InChI=1S/C22H18ClF2N3O5/c1-30-16-6-4-13(24)20(25)11(16)10-33-18-9-15(12(23)8-17(18)31-2)28-21-14(26-22(28)29)5-7-19(27-21)32-3/h4-9H,10H2,1-3H3,(H,26,29). The molecule has 4 aromatic rings. The summed E-state index contributed by atoms with van der Waals surface area (Å²) < 4.78 is 50.6. The van der Waals surface area contributed by atoms with Crippen LogP contribution in [0, 0.1) is 11.6 Å². The molecule has 1 N–H and O–H groups in total. The highest BCUT2D eigenvalue weighted by molar-refractivity contribution is 6.32. The van der Waals surface area contributed by atoms with Crippen LogP contribution in [0.4, 0.5) is 8.78 Å². The van der Waals surface area contributed by atoms with Gasteiger partial charge in [0.05, 0.1) is 43.1 Å². The van der Waals surface area contributed by atoms with Crippen molar-refractivity contribution in [1.29, 1.82) is 0 Å². The SMILES string of the molecule is COc1ccc2[nH]c(=O)n(-c3cc(OCc4c(OC)ccc(F)c4F)c(OC)cc3Cl)c2n1. The second kappa shape index (κ2) is 8.99. The van der Waals surface area contributed by atoms with Crippen molar-refractivity contribution in [2.24, 2.45) is 0 Å². The van der Waals surface area contributed by atoms with Crippen LogP contribution in [-0.2, 0) is 6.61 Å². The second-order valence-electron chi connectivity index (χ2n) is 6.78. The molecule has 0 aliphatic carbocycles. The predicted molar refractivity (Wildman–Crippen MR) is 117 cm³/mol. The summed E-state index contributed by atoms with van der Waals surface area (Å²) in [7, 11) is 4.18. The molecular formula is C22H18ClF2N3O5. The molecule has 0 radical (unpaired) electrons. The minimum absolute atomic E-state index is 0.117. The number of halogens is 3. The molecule has 0 spiro atoms. The van der Waals surface area contributed by atoms with Gasteiger partial charge in [-0.05, 0) is 18.2 Å². The molecule has 11 heteroatoms. The molecule has 0 bridgehead atoms. The first-order chi connectivity index (χ1) is 15.9. The van der Waals surface area contributed by atoms with Gasteiger partial charge in [-0.15, -0.1) is 0 Å². The topological polar surface area (TPSA) is 87.6 Å². The Labute approximate surface area is 191 Å². The number of H-pyrrole nitrogens is 1. The van der Waals surface area contributed by atoms with Crippen molar-refractivity contribution in [2.45, 2.75) is 6.61 Å². The number of nitrogens with one attached hydrogen (secondary N) is 1. The highest BCUT2D eigenvalue weighted by Crippen LogP contribution is 2.37. The van der Waals surface area contributed by atoms with Crippen LogP contribution in [0.25, 0.3) is 16.9 Å². The van der Waals surface area contributed by atoms with E-state index < -0.39 is 17.3 Å². The summed E-state index contributed by atoms with van der Waals surface area (Å²) in [5.41, 5.74) is 0.349. The number of ether oxygens (including phenoxy) is 4. The van der Waals surface area contributed by atoms with E-state index in [1.807, 2.05) is 0 Å². The van der Waals surface area contributed by atoms with E-state index in [-0.39, 0.29) is 45.8 Å². The van der Waals surface area contributed by atoms with Crippen molar-refractivity contribution in [3.8, 4) is 28.8 Å². The average Bonchev–Trinajstić information content (AvgIpc) is 3.14. The van der Waals surface area contributed by atoms with E-state index >= 15 is 0 Å². The zero-order valence-corrected chi connectivity index (χ0v) is 18.5. The largest absolute Gasteiger partial charge is 0.496 e. The lowest BCUT2D eigenvalue weighted by Crippen LogP contribution is -2.16. The summed E-state index contributed by atoms with van der Waals surface area (Å²) in [5.74, 6) is -1.36. The van der Waals surface area contributed by atoms with Crippen molar-refractivity contribution in [2.75, 3.05) is 21.3 Å². The van der Waals surface area contributed by atoms with E-state index in [4.69, 9.17) is 30.5 Å². The molecule has 0 aliphatic rings. The maximum absolute atomic E-state index is 14.3. The molecule has 0 aliphatic heterocycles. The van der Waals surface area contributed by atoms with Crippen molar-refractivity contribution in [3.63, 3.8) is 0 Å². The minimum atomic E-state index is -1.09. The summed E-state index contributed by atoms with van der Waals surface area (Å²) in [6, 6.07) is 8.40. The number of imidazole rings is 1. The number of aromatic nitrogens is 3. The maximum Gasteiger partial charge on any atom is 0.332 e. The number of hydrogen-bond acceptors (Lipinski definition) is 6. The predicted octanol–water partition coefficient (Wildman–Crippen LogP) is 4.25. The summed E-state index contributed by atoms with van der Waals surface area (Å²) in [6.07, 6.45) is 0. The number of pyridine rings is 1. The molecule has 0 atom stereocenters. The van der Waals surface area contributed by atoms with Crippen LogP contribution in [-0.4, -0.2) is 35.9 Å². The van der Waals surface area contributed by atoms with Crippen LogP contribution >= 0.6 is 11.6 Å². The third-order valence-corrected chi connectivity index (χ3v) is 5.24. The van der Waals surface area contributed by atoms with Gasteiger partial charge in [0.2, 0.25) is 5.88 Å². The first kappa shape index (κ1) is 22.4. The van der Waals surface area contributed by atoms with E-state index in [2.05, 4.69) is 9.97 Å².